The smallest absolute Gasteiger partial charge is 0.307 e. The fraction of sp³-hybridized carbons (Fsp3) is 0.111. The van der Waals surface area contributed by atoms with Crippen LogP contribution in [-0.2, 0) is 11.2 Å². The lowest BCUT2D eigenvalue weighted by atomic mass is 10.1. The lowest BCUT2D eigenvalue weighted by Crippen LogP contribution is -2.10. The predicted octanol–water partition coefficient (Wildman–Crippen LogP) is 3.62. The Morgan fingerprint density at radius 2 is 1.88 bits per heavy atom. The van der Waals surface area contributed by atoms with Gasteiger partial charge in [-0.15, -0.1) is 0 Å². The molecule has 0 aliphatic heterocycles. The fourth-order valence-corrected chi connectivity index (χ4v) is 2.73. The van der Waals surface area contributed by atoms with Gasteiger partial charge in [-0.05, 0) is 42.0 Å². The molecule has 3 aromatic rings. The Balaban J connectivity index is 2.16. The summed E-state index contributed by atoms with van der Waals surface area (Å²) in [4.78, 5) is 23.9. The van der Waals surface area contributed by atoms with Crippen molar-refractivity contribution < 1.29 is 19.4 Å². The third-order valence-electron chi connectivity index (χ3n) is 3.75. The SMILES string of the molecule is COc1ccc2c(CC(=O)O)cn(C(=O)c3ccc(Cl)cc3)c2c1. The van der Waals surface area contributed by atoms with Crippen molar-refractivity contribution in [1.29, 1.82) is 0 Å². The molecule has 0 saturated heterocycles. The summed E-state index contributed by atoms with van der Waals surface area (Å²) in [5, 5.41) is 10.3. The van der Waals surface area contributed by atoms with Crippen LogP contribution in [0.3, 0.4) is 0 Å². The zero-order chi connectivity index (χ0) is 17.3. The molecule has 1 N–H and O–H groups in total. The Labute approximate surface area is 143 Å². The zero-order valence-electron chi connectivity index (χ0n) is 12.8. The molecule has 0 aliphatic rings. The highest BCUT2D eigenvalue weighted by Gasteiger charge is 2.17. The topological polar surface area (TPSA) is 68.5 Å². The number of ether oxygens (including phenoxy) is 1. The molecular formula is C18H14ClNO4. The van der Waals surface area contributed by atoms with Crippen LogP contribution >= 0.6 is 11.6 Å². The largest absolute Gasteiger partial charge is 0.497 e. The molecule has 6 heteroatoms. The van der Waals surface area contributed by atoms with E-state index >= 15 is 0 Å². The summed E-state index contributed by atoms with van der Waals surface area (Å²) in [6.45, 7) is 0. The number of aromatic nitrogens is 1. The molecule has 2 aromatic carbocycles. The Morgan fingerprint density at radius 3 is 2.50 bits per heavy atom. The van der Waals surface area contributed by atoms with E-state index in [1.807, 2.05) is 0 Å². The number of rotatable bonds is 4. The molecule has 0 radical (unpaired) electrons. The summed E-state index contributed by atoms with van der Waals surface area (Å²) < 4.78 is 6.65. The standard InChI is InChI=1S/C18H14ClNO4/c1-24-14-6-7-15-12(8-17(21)22)10-20(16(15)9-14)18(23)11-2-4-13(19)5-3-11/h2-7,9-10H,8H2,1H3,(H,21,22). The van der Waals surface area contributed by atoms with Gasteiger partial charge in [0, 0.05) is 28.2 Å². The van der Waals surface area contributed by atoms with E-state index in [0.29, 0.717) is 32.8 Å². The zero-order valence-corrected chi connectivity index (χ0v) is 13.6. The number of hydrogen-bond acceptors (Lipinski definition) is 3. The number of aliphatic carboxylic acids is 1. The molecule has 5 nitrogen and oxygen atoms in total. The predicted molar refractivity (Wildman–Crippen MR) is 91.0 cm³/mol. The van der Waals surface area contributed by atoms with Gasteiger partial charge >= 0.3 is 5.97 Å². The van der Waals surface area contributed by atoms with E-state index in [1.54, 1.807) is 48.7 Å². The summed E-state index contributed by atoms with van der Waals surface area (Å²) in [5.74, 6) is -0.627. The first-order valence-electron chi connectivity index (χ1n) is 7.19. The van der Waals surface area contributed by atoms with Gasteiger partial charge in [0.05, 0.1) is 19.0 Å². The highest BCUT2D eigenvalue weighted by Crippen LogP contribution is 2.27. The molecule has 24 heavy (non-hydrogen) atoms. The van der Waals surface area contributed by atoms with Crippen LogP contribution in [-0.4, -0.2) is 28.7 Å². The Morgan fingerprint density at radius 1 is 1.17 bits per heavy atom. The minimum atomic E-state index is -0.955. The van der Waals surface area contributed by atoms with Crippen LogP contribution in [0.2, 0.25) is 5.02 Å². The number of carboxylic acids is 1. The van der Waals surface area contributed by atoms with Gasteiger partial charge in [-0.3, -0.25) is 14.2 Å². The third-order valence-corrected chi connectivity index (χ3v) is 4.00. The van der Waals surface area contributed by atoms with Crippen LogP contribution in [0, 0.1) is 0 Å². The lowest BCUT2D eigenvalue weighted by molar-refractivity contribution is -0.136. The van der Waals surface area contributed by atoms with Crippen LogP contribution in [0.5, 0.6) is 5.75 Å². The van der Waals surface area contributed by atoms with Gasteiger partial charge in [0.15, 0.2) is 0 Å². The van der Waals surface area contributed by atoms with Gasteiger partial charge in [-0.25, -0.2) is 0 Å². The molecule has 0 atom stereocenters. The molecule has 1 heterocycles. The van der Waals surface area contributed by atoms with Crippen LogP contribution in [0.25, 0.3) is 10.9 Å². The van der Waals surface area contributed by atoms with Gasteiger partial charge < -0.3 is 9.84 Å². The summed E-state index contributed by atoms with van der Waals surface area (Å²) in [7, 11) is 1.54. The Bertz CT molecular complexity index is 928. The minimum absolute atomic E-state index is 0.163. The first-order valence-corrected chi connectivity index (χ1v) is 7.57. The number of fused-ring (bicyclic) bond motifs is 1. The maximum Gasteiger partial charge on any atom is 0.307 e. The van der Waals surface area contributed by atoms with E-state index in [9.17, 15) is 9.59 Å². The van der Waals surface area contributed by atoms with Crippen LogP contribution in [0.1, 0.15) is 15.9 Å². The number of hydrogen-bond donors (Lipinski definition) is 1. The number of methoxy groups -OCH3 is 1. The number of carboxylic acid groups (broad SMARTS) is 1. The first-order chi connectivity index (χ1) is 11.5. The second-order valence-corrected chi connectivity index (χ2v) is 5.73. The summed E-state index contributed by atoms with van der Waals surface area (Å²) in [6, 6.07) is 11.8. The molecular weight excluding hydrogens is 330 g/mol. The number of carbonyl (C=O) groups is 2. The van der Waals surface area contributed by atoms with Gasteiger partial charge in [0.2, 0.25) is 0 Å². The number of benzene rings is 2. The van der Waals surface area contributed by atoms with Crippen molar-refractivity contribution in [3.8, 4) is 5.75 Å². The average molecular weight is 344 g/mol. The number of halogens is 1. The van der Waals surface area contributed by atoms with Crippen LogP contribution in [0.15, 0.2) is 48.7 Å². The first kappa shape index (κ1) is 16.1. The molecule has 0 saturated carbocycles. The molecule has 0 amide bonds. The summed E-state index contributed by atoms with van der Waals surface area (Å²) in [6.07, 6.45) is 1.40. The highest BCUT2D eigenvalue weighted by molar-refractivity contribution is 6.30. The molecule has 0 fully saturated rings. The van der Waals surface area contributed by atoms with Crippen molar-refractivity contribution in [3.63, 3.8) is 0 Å². The minimum Gasteiger partial charge on any atom is -0.497 e. The molecule has 0 bridgehead atoms. The lowest BCUT2D eigenvalue weighted by Gasteiger charge is -2.06. The molecule has 1 aromatic heterocycles. The summed E-state index contributed by atoms with van der Waals surface area (Å²) in [5.41, 5.74) is 1.63. The molecule has 122 valence electrons. The Hall–Kier alpha value is -2.79. The normalized spacial score (nSPS) is 10.8. The van der Waals surface area contributed by atoms with E-state index in [0.717, 1.165) is 0 Å². The molecule has 0 unspecified atom stereocenters. The van der Waals surface area contributed by atoms with Gasteiger partial charge in [-0.2, -0.15) is 0 Å². The van der Waals surface area contributed by atoms with Gasteiger partial charge in [-0.1, -0.05) is 11.6 Å². The monoisotopic (exact) mass is 343 g/mol. The summed E-state index contributed by atoms with van der Waals surface area (Å²) >= 11 is 5.86. The van der Waals surface area contributed by atoms with Crippen LogP contribution in [0.4, 0.5) is 0 Å². The second-order valence-electron chi connectivity index (χ2n) is 5.29. The van der Waals surface area contributed by atoms with Gasteiger partial charge in [0.1, 0.15) is 5.75 Å². The van der Waals surface area contributed by atoms with Gasteiger partial charge in [0.25, 0.3) is 5.91 Å². The van der Waals surface area contributed by atoms with E-state index in [-0.39, 0.29) is 12.3 Å². The van der Waals surface area contributed by atoms with Crippen molar-refractivity contribution >= 4 is 34.4 Å². The number of carbonyl (C=O) groups excluding carboxylic acids is 1. The van der Waals surface area contributed by atoms with Crippen molar-refractivity contribution in [2.75, 3.05) is 7.11 Å². The fourth-order valence-electron chi connectivity index (χ4n) is 2.61. The van der Waals surface area contributed by atoms with E-state index in [4.69, 9.17) is 21.4 Å². The second kappa shape index (κ2) is 6.37. The van der Waals surface area contributed by atoms with Crippen molar-refractivity contribution in [2.45, 2.75) is 6.42 Å². The van der Waals surface area contributed by atoms with E-state index in [1.165, 1.54) is 11.7 Å². The quantitative estimate of drug-likeness (QED) is 0.785. The molecule has 0 spiro atoms. The van der Waals surface area contributed by atoms with E-state index in [2.05, 4.69) is 0 Å². The highest BCUT2D eigenvalue weighted by atomic mass is 35.5. The third kappa shape index (κ3) is 2.98. The van der Waals surface area contributed by atoms with Crippen molar-refractivity contribution in [2.24, 2.45) is 0 Å². The molecule has 3 rings (SSSR count). The molecule has 0 aliphatic carbocycles. The van der Waals surface area contributed by atoms with E-state index < -0.39 is 5.97 Å². The average Bonchev–Trinajstić information content (AvgIpc) is 2.92. The maximum atomic E-state index is 12.8. The number of nitrogens with zero attached hydrogens (tertiary/aromatic N) is 1. The van der Waals surface area contributed by atoms with Crippen LogP contribution < -0.4 is 4.74 Å². The van der Waals surface area contributed by atoms with Crippen molar-refractivity contribution in [1.82, 2.24) is 4.57 Å². The Kier molecular flexibility index (Phi) is 4.27. The van der Waals surface area contributed by atoms with Crippen molar-refractivity contribution in [3.05, 3.63) is 64.8 Å². The maximum absolute atomic E-state index is 12.8.